The lowest BCUT2D eigenvalue weighted by Gasteiger charge is -2.54. The average Bonchev–Trinajstić information content (AvgIpc) is 3.21. The van der Waals surface area contributed by atoms with Gasteiger partial charge < -0.3 is 13.9 Å². The molecule has 5 rings (SSSR count). The van der Waals surface area contributed by atoms with Gasteiger partial charge in [-0.25, -0.2) is 4.79 Å². The largest absolute Gasteiger partial charge is 0.460 e. The Labute approximate surface area is 161 Å². The van der Waals surface area contributed by atoms with Crippen LogP contribution in [0.4, 0.5) is 0 Å². The van der Waals surface area contributed by atoms with Crippen molar-refractivity contribution in [1.82, 2.24) is 0 Å². The molecule has 3 unspecified atom stereocenters. The minimum absolute atomic E-state index is 0.0525. The number of hydrogen-bond donors (Lipinski definition) is 0. The molecule has 4 aliphatic rings. The number of esters is 1. The highest BCUT2D eigenvalue weighted by atomic mass is 16.6. The van der Waals surface area contributed by atoms with Gasteiger partial charge in [0.15, 0.2) is 5.76 Å². The molecular formula is C21H22O7. The zero-order valence-corrected chi connectivity index (χ0v) is 16.1. The van der Waals surface area contributed by atoms with Crippen LogP contribution >= 0.6 is 0 Å². The Morgan fingerprint density at radius 2 is 1.96 bits per heavy atom. The number of cyclic esters (lactones) is 1. The fourth-order valence-corrected chi connectivity index (χ4v) is 6.42. The zero-order valence-electron chi connectivity index (χ0n) is 16.1. The predicted molar refractivity (Wildman–Crippen MR) is 93.9 cm³/mol. The van der Waals surface area contributed by atoms with E-state index in [9.17, 15) is 19.2 Å². The number of ketones is 3. The number of ether oxygens (including phenoxy) is 2. The molecule has 1 aliphatic heterocycles. The normalized spacial score (nSPS) is 41.4. The number of methoxy groups -OCH3 is 1. The Morgan fingerprint density at radius 3 is 2.68 bits per heavy atom. The standard InChI is InChI=1S/C21H22O7/c1-20-6-11(22)16-14(10(20)4-5-12(20)23)17(24)18-15-9(7-27-18)19(25)28-13(8-26-3)21(15,16)2/h7,10,13-14,16H,4-6,8H2,1-3H3/t10?,13-,14?,16?,20+,21+/m1/s1. The smallest absolute Gasteiger partial charge is 0.342 e. The van der Waals surface area contributed by atoms with Crippen LogP contribution in [0.15, 0.2) is 10.7 Å². The Bertz CT molecular complexity index is 943. The van der Waals surface area contributed by atoms with E-state index in [2.05, 4.69) is 0 Å². The van der Waals surface area contributed by atoms with Gasteiger partial charge in [-0.05, 0) is 12.3 Å². The van der Waals surface area contributed by atoms with Crippen molar-refractivity contribution in [1.29, 1.82) is 0 Å². The fraction of sp³-hybridized carbons (Fsp3) is 0.619. The summed E-state index contributed by atoms with van der Waals surface area (Å²) in [7, 11) is 1.50. The van der Waals surface area contributed by atoms with Gasteiger partial charge in [0.1, 0.15) is 29.5 Å². The molecular weight excluding hydrogens is 364 g/mol. The molecule has 7 heteroatoms. The van der Waals surface area contributed by atoms with Crippen molar-refractivity contribution in [3.05, 3.63) is 23.2 Å². The Morgan fingerprint density at radius 1 is 1.21 bits per heavy atom. The molecule has 6 atom stereocenters. The van der Waals surface area contributed by atoms with E-state index >= 15 is 0 Å². The van der Waals surface area contributed by atoms with Crippen molar-refractivity contribution >= 4 is 23.3 Å². The van der Waals surface area contributed by atoms with Crippen molar-refractivity contribution in [2.45, 2.75) is 44.6 Å². The van der Waals surface area contributed by atoms with E-state index < -0.39 is 34.7 Å². The maximum absolute atomic E-state index is 13.5. The molecule has 0 amide bonds. The van der Waals surface area contributed by atoms with Gasteiger partial charge in [-0.2, -0.15) is 0 Å². The summed E-state index contributed by atoms with van der Waals surface area (Å²) in [5.41, 5.74) is -1.05. The molecule has 0 aromatic carbocycles. The lowest BCUT2D eigenvalue weighted by atomic mass is 9.47. The molecule has 3 aliphatic carbocycles. The van der Waals surface area contributed by atoms with Crippen molar-refractivity contribution < 1.29 is 33.1 Å². The summed E-state index contributed by atoms with van der Waals surface area (Å²) in [5, 5.41) is 0. The molecule has 0 bridgehead atoms. The quantitative estimate of drug-likeness (QED) is 0.718. The van der Waals surface area contributed by atoms with Crippen LogP contribution in [0, 0.1) is 23.2 Å². The summed E-state index contributed by atoms with van der Waals surface area (Å²) in [6.45, 7) is 3.79. The van der Waals surface area contributed by atoms with Crippen LogP contribution in [0.2, 0.25) is 0 Å². The Hall–Kier alpha value is -2.28. The molecule has 7 nitrogen and oxygen atoms in total. The highest BCUT2D eigenvalue weighted by molar-refractivity contribution is 6.09. The number of fused-ring (bicyclic) bond motifs is 4. The third-order valence-corrected chi connectivity index (χ3v) is 7.78. The molecule has 0 N–H and O–H groups in total. The van der Waals surface area contributed by atoms with E-state index in [0.29, 0.717) is 18.4 Å². The maximum Gasteiger partial charge on any atom is 0.342 e. The molecule has 0 radical (unpaired) electrons. The van der Waals surface area contributed by atoms with Crippen LogP contribution < -0.4 is 0 Å². The summed E-state index contributed by atoms with van der Waals surface area (Å²) in [5.74, 6) is -2.30. The first-order valence-electron chi connectivity index (χ1n) is 9.67. The molecule has 2 fully saturated rings. The van der Waals surface area contributed by atoms with Gasteiger partial charge in [0.25, 0.3) is 0 Å². The zero-order chi connectivity index (χ0) is 20.0. The topological polar surface area (TPSA) is 99.9 Å². The van der Waals surface area contributed by atoms with Crippen LogP contribution in [0.25, 0.3) is 0 Å². The summed E-state index contributed by atoms with van der Waals surface area (Å²) in [4.78, 5) is 51.9. The highest BCUT2D eigenvalue weighted by Gasteiger charge is 2.69. The van der Waals surface area contributed by atoms with Gasteiger partial charge in [0.05, 0.1) is 6.61 Å². The number of furan rings is 1. The van der Waals surface area contributed by atoms with E-state index in [0.717, 1.165) is 0 Å². The molecule has 148 valence electrons. The number of rotatable bonds is 2. The van der Waals surface area contributed by atoms with Crippen LogP contribution in [0.5, 0.6) is 0 Å². The number of carbonyl (C=O) groups is 4. The van der Waals surface area contributed by atoms with E-state index in [4.69, 9.17) is 13.9 Å². The molecule has 2 heterocycles. The van der Waals surface area contributed by atoms with E-state index in [-0.39, 0.29) is 47.6 Å². The summed E-state index contributed by atoms with van der Waals surface area (Å²) >= 11 is 0. The second-order valence-electron chi connectivity index (χ2n) is 8.98. The average molecular weight is 386 g/mol. The van der Waals surface area contributed by atoms with Crippen LogP contribution in [0.3, 0.4) is 0 Å². The number of carbonyl (C=O) groups excluding carboxylic acids is 4. The van der Waals surface area contributed by atoms with Gasteiger partial charge in [0, 0.05) is 48.2 Å². The highest BCUT2D eigenvalue weighted by Crippen LogP contribution is 2.62. The minimum atomic E-state index is -0.926. The summed E-state index contributed by atoms with van der Waals surface area (Å²) in [6, 6.07) is 0. The second kappa shape index (κ2) is 5.41. The molecule has 28 heavy (non-hydrogen) atoms. The number of Topliss-reactive ketones (excluding diaryl/α,β-unsaturated/α-hetero) is 3. The van der Waals surface area contributed by atoms with Gasteiger partial charge in [0.2, 0.25) is 5.78 Å². The lowest BCUT2D eigenvalue weighted by molar-refractivity contribution is -0.149. The van der Waals surface area contributed by atoms with Crippen LogP contribution in [0.1, 0.15) is 59.6 Å². The van der Waals surface area contributed by atoms with E-state index in [1.165, 1.54) is 13.4 Å². The maximum atomic E-state index is 13.5. The third kappa shape index (κ3) is 1.83. The Balaban J connectivity index is 1.76. The SMILES string of the molecule is COC[C@H]1OC(=O)c2coc3c2[C@@]1(C)C1C(=O)C[C@]2(C)C(=O)CCC2C1C3=O. The van der Waals surface area contributed by atoms with Gasteiger partial charge >= 0.3 is 5.97 Å². The lowest BCUT2D eigenvalue weighted by Crippen LogP contribution is -2.64. The third-order valence-electron chi connectivity index (χ3n) is 7.78. The molecule has 0 spiro atoms. The first-order valence-corrected chi connectivity index (χ1v) is 9.67. The van der Waals surface area contributed by atoms with Crippen LogP contribution in [-0.4, -0.2) is 43.1 Å². The monoisotopic (exact) mass is 386 g/mol. The first kappa shape index (κ1) is 17.8. The number of hydrogen-bond acceptors (Lipinski definition) is 7. The second-order valence-corrected chi connectivity index (χ2v) is 8.98. The predicted octanol–water partition coefficient (Wildman–Crippen LogP) is 2.11. The summed E-state index contributed by atoms with van der Waals surface area (Å²) < 4.78 is 16.5. The first-order chi connectivity index (χ1) is 13.2. The molecule has 1 aromatic heterocycles. The van der Waals surface area contributed by atoms with Gasteiger partial charge in [-0.3, -0.25) is 14.4 Å². The van der Waals surface area contributed by atoms with Crippen molar-refractivity contribution in [3.8, 4) is 0 Å². The minimum Gasteiger partial charge on any atom is -0.460 e. The fourth-order valence-electron chi connectivity index (χ4n) is 6.42. The molecule has 2 saturated carbocycles. The van der Waals surface area contributed by atoms with Crippen molar-refractivity contribution in [3.63, 3.8) is 0 Å². The van der Waals surface area contributed by atoms with Crippen molar-refractivity contribution in [2.24, 2.45) is 23.2 Å². The molecule has 1 aromatic rings. The van der Waals surface area contributed by atoms with Gasteiger partial charge in [-0.15, -0.1) is 0 Å². The molecule has 0 saturated heterocycles. The Kier molecular flexibility index (Phi) is 3.44. The van der Waals surface area contributed by atoms with Crippen LogP contribution in [-0.2, 0) is 24.5 Å². The van der Waals surface area contributed by atoms with E-state index in [1.54, 1.807) is 0 Å². The summed E-state index contributed by atoms with van der Waals surface area (Å²) in [6.07, 6.45) is 1.64. The van der Waals surface area contributed by atoms with Crippen molar-refractivity contribution in [2.75, 3.05) is 13.7 Å². The van der Waals surface area contributed by atoms with Gasteiger partial charge in [-0.1, -0.05) is 13.8 Å². The van der Waals surface area contributed by atoms with E-state index in [1.807, 2.05) is 13.8 Å².